The van der Waals surface area contributed by atoms with Crippen molar-refractivity contribution in [2.75, 3.05) is 4.31 Å². The van der Waals surface area contributed by atoms with E-state index in [1.54, 1.807) is 30.3 Å². The number of rotatable bonds is 7. The monoisotopic (exact) mass is 499 g/mol. The molecule has 2 N–H and O–H groups in total. The first kappa shape index (κ1) is 23.1. The lowest BCUT2D eigenvalue weighted by Gasteiger charge is -2.28. The van der Waals surface area contributed by atoms with Gasteiger partial charge >= 0.3 is 11.9 Å². The number of anilines is 1. The van der Waals surface area contributed by atoms with Gasteiger partial charge in [0.05, 0.1) is 10.7 Å². The average Bonchev–Trinajstić information content (AvgIpc) is 3.13. The summed E-state index contributed by atoms with van der Waals surface area (Å²) in [5.41, 5.74) is 0.392. The smallest absolute Gasteiger partial charge is 0.348 e. The SMILES string of the molecule is CC(C(=O)O)N(c1cc(-c2ccccc2)sc1C(=O)O)S(=O)(=O)c1ccc(Cl)cc1Cl. The molecule has 11 heteroatoms. The number of hydrogen-bond acceptors (Lipinski definition) is 5. The maximum Gasteiger partial charge on any atom is 0.348 e. The third-order valence-corrected chi connectivity index (χ3v) is 8.11. The van der Waals surface area contributed by atoms with Gasteiger partial charge in [-0.15, -0.1) is 11.3 Å². The van der Waals surface area contributed by atoms with Gasteiger partial charge in [-0.05, 0) is 36.8 Å². The quantitative estimate of drug-likeness (QED) is 0.468. The third kappa shape index (κ3) is 4.54. The number of hydrogen-bond donors (Lipinski definition) is 2. The maximum atomic E-state index is 13.5. The van der Waals surface area contributed by atoms with E-state index in [-0.39, 0.29) is 20.6 Å². The van der Waals surface area contributed by atoms with Crippen LogP contribution in [0.25, 0.3) is 10.4 Å². The summed E-state index contributed by atoms with van der Waals surface area (Å²) in [4.78, 5) is 23.5. The Balaban J connectivity index is 2.28. The van der Waals surface area contributed by atoms with E-state index in [9.17, 15) is 28.2 Å². The van der Waals surface area contributed by atoms with E-state index >= 15 is 0 Å². The number of aromatic carboxylic acids is 1. The Labute approximate surface area is 192 Å². The lowest BCUT2D eigenvalue weighted by atomic mass is 10.2. The summed E-state index contributed by atoms with van der Waals surface area (Å²) in [5, 5.41) is 19.3. The Morgan fingerprint density at radius 3 is 2.23 bits per heavy atom. The van der Waals surface area contributed by atoms with Gasteiger partial charge < -0.3 is 10.2 Å². The highest BCUT2D eigenvalue weighted by molar-refractivity contribution is 7.93. The molecule has 0 fully saturated rings. The molecule has 0 amide bonds. The van der Waals surface area contributed by atoms with Crippen LogP contribution in [0.1, 0.15) is 16.6 Å². The summed E-state index contributed by atoms with van der Waals surface area (Å²) in [6.45, 7) is 1.15. The van der Waals surface area contributed by atoms with Crippen molar-refractivity contribution in [3.8, 4) is 10.4 Å². The van der Waals surface area contributed by atoms with Crippen LogP contribution in [0.2, 0.25) is 10.0 Å². The van der Waals surface area contributed by atoms with Crippen molar-refractivity contribution < 1.29 is 28.2 Å². The molecule has 1 atom stereocenters. The summed E-state index contributed by atoms with van der Waals surface area (Å²) in [6, 6.07) is 12.1. The zero-order chi connectivity index (χ0) is 22.9. The second-order valence-corrected chi connectivity index (χ2v) is 10.1. The number of carbonyl (C=O) groups is 2. The Hall–Kier alpha value is -2.59. The lowest BCUT2D eigenvalue weighted by molar-refractivity contribution is -0.137. The van der Waals surface area contributed by atoms with Crippen LogP contribution in [0.5, 0.6) is 0 Å². The number of nitrogens with zero attached hydrogens (tertiary/aromatic N) is 1. The van der Waals surface area contributed by atoms with Crippen molar-refractivity contribution in [2.24, 2.45) is 0 Å². The van der Waals surface area contributed by atoms with Crippen LogP contribution in [0.3, 0.4) is 0 Å². The van der Waals surface area contributed by atoms with E-state index in [0.29, 0.717) is 14.7 Å². The summed E-state index contributed by atoms with van der Waals surface area (Å²) in [6.07, 6.45) is 0. The van der Waals surface area contributed by atoms with E-state index in [2.05, 4.69) is 0 Å². The molecule has 0 aliphatic heterocycles. The molecule has 3 aromatic rings. The van der Waals surface area contributed by atoms with Crippen molar-refractivity contribution in [3.05, 3.63) is 69.5 Å². The van der Waals surface area contributed by atoms with Gasteiger partial charge in [0, 0.05) is 9.90 Å². The maximum absolute atomic E-state index is 13.5. The number of aliphatic carboxylic acids is 1. The summed E-state index contributed by atoms with van der Waals surface area (Å²) < 4.78 is 27.5. The summed E-state index contributed by atoms with van der Waals surface area (Å²) in [5.74, 6) is -2.85. The predicted octanol–water partition coefficient (Wildman–Crippen LogP) is 5.09. The van der Waals surface area contributed by atoms with Crippen LogP contribution in [0.4, 0.5) is 5.69 Å². The van der Waals surface area contributed by atoms with Crippen LogP contribution >= 0.6 is 34.5 Å². The number of carboxylic acids is 2. The Morgan fingerprint density at radius 2 is 1.68 bits per heavy atom. The second-order valence-electron chi connectivity index (χ2n) is 6.39. The molecule has 2 aromatic carbocycles. The summed E-state index contributed by atoms with van der Waals surface area (Å²) in [7, 11) is -4.57. The molecule has 0 saturated heterocycles. The van der Waals surface area contributed by atoms with E-state index in [0.717, 1.165) is 24.3 Å². The van der Waals surface area contributed by atoms with Crippen molar-refractivity contribution in [1.82, 2.24) is 0 Å². The molecule has 7 nitrogen and oxygen atoms in total. The molecule has 0 radical (unpaired) electrons. The van der Waals surface area contributed by atoms with Gasteiger partial charge in [0.1, 0.15) is 15.8 Å². The Bertz CT molecular complexity index is 1260. The van der Waals surface area contributed by atoms with E-state index in [1.807, 2.05) is 0 Å². The number of sulfonamides is 1. The first-order chi connectivity index (χ1) is 14.5. The molecule has 1 aromatic heterocycles. The number of halogens is 2. The average molecular weight is 500 g/mol. The molecule has 0 aliphatic carbocycles. The lowest BCUT2D eigenvalue weighted by Crippen LogP contribution is -2.44. The molecule has 162 valence electrons. The van der Waals surface area contributed by atoms with Gasteiger partial charge in [0.25, 0.3) is 10.0 Å². The van der Waals surface area contributed by atoms with Crippen LogP contribution in [-0.4, -0.2) is 36.6 Å². The highest BCUT2D eigenvalue weighted by Crippen LogP contribution is 2.41. The first-order valence-electron chi connectivity index (χ1n) is 8.69. The molecule has 3 rings (SSSR count). The molecule has 0 spiro atoms. The van der Waals surface area contributed by atoms with Crippen molar-refractivity contribution in [2.45, 2.75) is 17.9 Å². The highest BCUT2D eigenvalue weighted by Gasteiger charge is 2.38. The minimum atomic E-state index is -4.57. The van der Waals surface area contributed by atoms with Gasteiger partial charge in [-0.1, -0.05) is 53.5 Å². The number of carboxylic acid groups (broad SMARTS) is 2. The Morgan fingerprint density at radius 1 is 1.03 bits per heavy atom. The van der Waals surface area contributed by atoms with Gasteiger partial charge in [0.15, 0.2) is 0 Å². The second kappa shape index (κ2) is 8.88. The first-order valence-corrected chi connectivity index (χ1v) is 11.7. The standard InChI is InChI=1S/C20H15Cl2NO6S2/c1-11(19(24)25)23(31(28,29)17-8-7-13(21)9-14(17)22)15-10-16(30-18(15)20(26)27)12-5-3-2-4-6-12/h2-11H,1H3,(H,24,25)(H,26,27). The van der Waals surface area contributed by atoms with Crippen LogP contribution in [-0.2, 0) is 14.8 Å². The molecule has 31 heavy (non-hydrogen) atoms. The fraction of sp³-hybridized carbons (Fsp3) is 0.100. The normalized spacial score (nSPS) is 12.4. The van der Waals surface area contributed by atoms with Crippen molar-refractivity contribution in [1.29, 1.82) is 0 Å². The van der Waals surface area contributed by atoms with Gasteiger partial charge in [0.2, 0.25) is 0 Å². The molecular weight excluding hydrogens is 485 g/mol. The molecule has 0 bridgehead atoms. The molecule has 1 unspecified atom stereocenters. The summed E-state index contributed by atoms with van der Waals surface area (Å²) >= 11 is 12.8. The van der Waals surface area contributed by atoms with E-state index < -0.39 is 32.9 Å². The fourth-order valence-corrected chi connectivity index (χ4v) is 6.30. The minimum Gasteiger partial charge on any atom is -0.480 e. The topological polar surface area (TPSA) is 112 Å². The van der Waals surface area contributed by atoms with Gasteiger partial charge in [-0.3, -0.25) is 4.31 Å². The Kier molecular flexibility index (Phi) is 6.61. The van der Waals surface area contributed by atoms with Crippen LogP contribution < -0.4 is 4.31 Å². The number of benzene rings is 2. The van der Waals surface area contributed by atoms with Crippen LogP contribution in [0.15, 0.2) is 59.5 Å². The minimum absolute atomic E-state index is 0.190. The van der Waals surface area contributed by atoms with E-state index in [4.69, 9.17) is 23.2 Å². The van der Waals surface area contributed by atoms with Crippen LogP contribution in [0, 0.1) is 0 Å². The van der Waals surface area contributed by atoms with E-state index in [1.165, 1.54) is 18.2 Å². The molecule has 0 saturated carbocycles. The largest absolute Gasteiger partial charge is 0.480 e. The van der Waals surface area contributed by atoms with Crippen molar-refractivity contribution in [3.63, 3.8) is 0 Å². The van der Waals surface area contributed by atoms with Gasteiger partial charge in [-0.2, -0.15) is 0 Å². The highest BCUT2D eigenvalue weighted by atomic mass is 35.5. The van der Waals surface area contributed by atoms with Gasteiger partial charge in [-0.25, -0.2) is 18.0 Å². The zero-order valence-corrected chi connectivity index (χ0v) is 19.0. The molecule has 0 aliphatic rings. The predicted molar refractivity (Wildman–Crippen MR) is 120 cm³/mol. The zero-order valence-electron chi connectivity index (χ0n) is 15.8. The molecule has 1 heterocycles. The number of thiophene rings is 1. The third-order valence-electron chi connectivity index (χ3n) is 4.34. The fourth-order valence-electron chi connectivity index (χ4n) is 2.88. The van der Waals surface area contributed by atoms with Crippen molar-refractivity contribution >= 4 is 62.2 Å². The molecular formula is C20H15Cl2NO6S2.